The molecule has 1 fully saturated rings. The van der Waals surface area contributed by atoms with Gasteiger partial charge in [0.15, 0.2) is 0 Å². The summed E-state index contributed by atoms with van der Waals surface area (Å²) in [7, 11) is 3.07. The number of aliphatic carboxylic acids is 1. The molecule has 1 heterocycles. The first-order chi connectivity index (χ1) is 9.54. The third-order valence-corrected chi connectivity index (χ3v) is 3.31. The number of hydrogen-bond acceptors (Lipinski definition) is 4. The predicted molar refractivity (Wildman–Crippen MR) is 72.6 cm³/mol. The fraction of sp³-hybridized carbons (Fsp3) is 0.692. The summed E-state index contributed by atoms with van der Waals surface area (Å²) in [6.45, 7) is 5.02. The van der Waals surface area contributed by atoms with Gasteiger partial charge in [0.1, 0.15) is 6.04 Å². The molecule has 1 rings (SSSR count). The first-order valence-corrected chi connectivity index (χ1v) is 6.46. The number of carbonyl (C=O) groups excluding carboxylic acids is 1. The van der Waals surface area contributed by atoms with Crippen LogP contribution in [0.25, 0.3) is 0 Å². The number of urea groups is 1. The SMILES string of the molecule is C=CCN(CCOC)C(=O)N1CC(OC)CC1C(=O)O. The van der Waals surface area contributed by atoms with Crippen LogP contribution in [0.1, 0.15) is 6.42 Å². The zero-order valence-electron chi connectivity index (χ0n) is 11.9. The highest BCUT2D eigenvalue weighted by molar-refractivity contribution is 5.83. The van der Waals surface area contributed by atoms with E-state index in [2.05, 4.69) is 6.58 Å². The molecule has 1 aliphatic rings. The monoisotopic (exact) mass is 286 g/mol. The molecule has 2 amide bonds. The molecule has 114 valence electrons. The summed E-state index contributed by atoms with van der Waals surface area (Å²) >= 11 is 0. The molecule has 0 aromatic carbocycles. The Labute approximate surface area is 118 Å². The molecule has 0 saturated carbocycles. The Hall–Kier alpha value is -1.60. The molecule has 1 aliphatic heterocycles. The average molecular weight is 286 g/mol. The number of carboxylic acids is 1. The van der Waals surface area contributed by atoms with Gasteiger partial charge in [0.25, 0.3) is 0 Å². The van der Waals surface area contributed by atoms with Gasteiger partial charge in [-0.1, -0.05) is 6.08 Å². The van der Waals surface area contributed by atoms with Crippen molar-refractivity contribution in [1.29, 1.82) is 0 Å². The minimum atomic E-state index is -1.01. The van der Waals surface area contributed by atoms with Crippen LogP contribution in [0, 0.1) is 0 Å². The number of nitrogens with zero attached hydrogens (tertiary/aromatic N) is 2. The molecular weight excluding hydrogens is 264 g/mol. The molecule has 0 bridgehead atoms. The van der Waals surface area contributed by atoms with Crippen LogP contribution in [0.5, 0.6) is 0 Å². The summed E-state index contributed by atoms with van der Waals surface area (Å²) in [6, 6.07) is -1.17. The lowest BCUT2D eigenvalue weighted by Crippen LogP contribution is -2.49. The third kappa shape index (κ3) is 3.94. The second kappa shape index (κ2) is 7.86. The number of hydrogen-bond donors (Lipinski definition) is 1. The smallest absolute Gasteiger partial charge is 0.326 e. The van der Waals surface area contributed by atoms with Crippen LogP contribution in [0.4, 0.5) is 4.79 Å². The van der Waals surface area contributed by atoms with Gasteiger partial charge in [-0.3, -0.25) is 0 Å². The van der Waals surface area contributed by atoms with Crippen molar-refractivity contribution < 1.29 is 24.2 Å². The highest BCUT2D eigenvalue weighted by atomic mass is 16.5. The van der Waals surface area contributed by atoms with E-state index in [1.165, 1.54) is 16.9 Å². The number of rotatable bonds is 7. The Bertz CT molecular complexity index is 361. The van der Waals surface area contributed by atoms with Crippen molar-refractivity contribution in [3.8, 4) is 0 Å². The van der Waals surface area contributed by atoms with Crippen LogP contribution in [-0.4, -0.2) is 79.5 Å². The van der Waals surface area contributed by atoms with Crippen molar-refractivity contribution in [2.45, 2.75) is 18.6 Å². The van der Waals surface area contributed by atoms with E-state index in [1.807, 2.05) is 0 Å². The maximum Gasteiger partial charge on any atom is 0.326 e. The first-order valence-electron chi connectivity index (χ1n) is 6.46. The van der Waals surface area contributed by atoms with Crippen molar-refractivity contribution in [3.05, 3.63) is 12.7 Å². The first kappa shape index (κ1) is 16.5. The zero-order chi connectivity index (χ0) is 15.1. The van der Waals surface area contributed by atoms with E-state index in [-0.39, 0.29) is 18.7 Å². The highest BCUT2D eigenvalue weighted by Gasteiger charge is 2.41. The van der Waals surface area contributed by atoms with Crippen LogP contribution in [-0.2, 0) is 14.3 Å². The molecule has 0 spiro atoms. The summed E-state index contributed by atoms with van der Waals surface area (Å²) < 4.78 is 10.1. The summed E-state index contributed by atoms with van der Waals surface area (Å²) in [5.41, 5.74) is 0. The Morgan fingerprint density at radius 1 is 1.50 bits per heavy atom. The lowest BCUT2D eigenvalue weighted by molar-refractivity contribution is -0.141. The molecule has 2 atom stereocenters. The van der Waals surface area contributed by atoms with Gasteiger partial charge in [-0.15, -0.1) is 6.58 Å². The minimum Gasteiger partial charge on any atom is -0.480 e. The largest absolute Gasteiger partial charge is 0.480 e. The van der Waals surface area contributed by atoms with E-state index in [0.29, 0.717) is 26.1 Å². The molecule has 0 radical (unpaired) electrons. The van der Waals surface area contributed by atoms with Gasteiger partial charge in [0.05, 0.1) is 12.7 Å². The number of ether oxygens (including phenoxy) is 2. The van der Waals surface area contributed by atoms with Gasteiger partial charge in [0.2, 0.25) is 0 Å². The lowest BCUT2D eigenvalue weighted by atomic mass is 10.2. The summed E-state index contributed by atoms with van der Waals surface area (Å²) in [6.07, 6.45) is 1.67. The molecule has 7 heteroatoms. The van der Waals surface area contributed by atoms with Crippen molar-refractivity contribution >= 4 is 12.0 Å². The predicted octanol–water partition coefficient (Wildman–Crippen LogP) is 0.415. The highest BCUT2D eigenvalue weighted by Crippen LogP contribution is 2.21. The van der Waals surface area contributed by atoms with Crippen molar-refractivity contribution in [3.63, 3.8) is 0 Å². The van der Waals surface area contributed by atoms with Crippen LogP contribution in [0.3, 0.4) is 0 Å². The van der Waals surface area contributed by atoms with E-state index >= 15 is 0 Å². The van der Waals surface area contributed by atoms with Gasteiger partial charge in [-0.2, -0.15) is 0 Å². The Morgan fingerprint density at radius 3 is 2.70 bits per heavy atom. The van der Waals surface area contributed by atoms with Gasteiger partial charge in [0, 0.05) is 40.3 Å². The molecule has 20 heavy (non-hydrogen) atoms. The molecule has 7 nitrogen and oxygen atoms in total. The lowest BCUT2D eigenvalue weighted by Gasteiger charge is -2.29. The Morgan fingerprint density at radius 2 is 2.20 bits per heavy atom. The quantitative estimate of drug-likeness (QED) is 0.686. The molecule has 0 aliphatic carbocycles. The zero-order valence-corrected chi connectivity index (χ0v) is 11.9. The minimum absolute atomic E-state index is 0.243. The van der Waals surface area contributed by atoms with E-state index < -0.39 is 12.0 Å². The number of likely N-dealkylation sites (tertiary alicyclic amines) is 1. The summed E-state index contributed by atoms with van der Waals surface area (Å²) in [5.74, 6) is -1.01. The number of methoxy groups -OCH3 is 2. The number of amides is 2. The Kier molecular flexibility index (Phi) is 6.47. The normalized spacial score (nSPS) is 21.8. The van der Waals surface area contributed by atoms with Gasteiger partial charge in [-0.05, 0) is 0 Å². The van der Waals surface area contributed by atoms with Gasteiger partial charge >= 0.3 is 12.0 Å². The second-order valence-corrected chi connectivity index (χ2v) is 4.61. The standard InChI is InChI=1S/C13H22N2O5/c1-4-5-14(6-7-19-2)13(18)15-9-10(20-3)8-11(15)12(16)17/h4,10-11H,1,5-9H2,2-3H3,(H,16,17). The summed E-state index contributed by atoms with van der Waals surface area (Å²) in [5, 5.41) is 9.22. The van der Waals surface area contributed by atoms with E-state index in [4.69, 9.17) is 9.47 Å². The van der Waals surface area contributed by atoms with Crippen molar-refractivity contribution in [1.82, 2.24) is 9.80 Å². The van der Waals surface area contributed by atoms with Crippen LogP contribution < -0.4 is 0 Å². The molecule has 1 N–H and O–H groups in total. The molecule has 0 aromatic heterocycles. The van der Waals surface area contributed by atoms with Crippen molar-refractivity contribution in [2.75, 3.05) is 40.5 Å². The van der Waals surface area contributed by atoms with E-state index in [0.717, 1.165) is 0 Å². The topological polar surface area (TPSA) is 79.3 Å². The van der Waals surface area contributed by atoms with Crippen molar-refractivity contribution in [2.24, 2.45) is 0 Å². The maximum atomic E-state index is 12.4. The number of carbonyl (C=O) groups is 2. The molecular formula is C13H22N2O5. The van der Waals surface area contributed by atoms with Gasteiger partial charge in [-0.25, -0.2) is 9.59 Å². The number of carboxylic acid groups (broad SMARTS) is 1. The maximum absolute atomic E-state index is 12.4. The molecule has 1 saturated heterocycles. The average Bonchev–Trinajstić information content (AvgIpc) is 2.87. The molecule has 2 unspecified atom stereocenters. The van der Waals surface area contributed by atoms with Crippen LogP contribution in [0.2, 0.25) is 0 Å². The van der Waals surface area contributed by atoms with Crippen LogP contribution in [0.15, 0.2) is 12.7 Å². The van der Waals surface area contributed by atoms with E-state index in [9.17, 15) is 14.7 Å². The summed E-state index contributed by atoms with van der Waals surface area (Å²) in [4.78, 5) is 26.6. The van der Waals surface area contributed by atoms with E-state index in [1.54, 1.807) is 13.2 Å². The Balaban J connectivity index is 2.79. The molecule has 0 aromatic rings. The fourth-order valence-electron chi connectivity index (χ4n) is 2.22. The third-order valence-electron chi connectivity index (χ3n) is 3.31. The van der Waals surface area contributed by atoms with Crippen LogP contribution >= 0.6 is 0 Å². The van der Waals surface area contributed by atoms with Gasteiger partial charge < -0.3 is 24.4 Å². The second-order valence-electron chi connectivity index (χ2n) is 4.61. The fourth-order valence-corrected chi connectivity index (χ4v) is 2.22.